The molecule has 2 heterocycles. The number of halogens is 3. The summed E-state index contributed by atoms with van der Waals surface area (Å²) in [6.07, 6.45) is 3.29. The molecule has 1 saturated heterocycles. The van der Waals surface area contributed by atoms with Gasteiger partial charge in [-0.05, 0) is 79.9 Å². The highest BCUT2D eigenvalue weighted by Gasteiger charge is 2.30. The van der Waals surface area contributed by atoms with Crippen molar-refractivity contribution in [2.75, 3.05) is 13.1 Å². The van der Waals surface area contributed by atoms with Crippen LogP contribution in [0.25, 0.3) is 0 Å². The van der Waals surface area contributed by atoms with Gasteiger partial charge in [0.25, 0.3) is 5.91 Å². The lowest BCUT2D eigenvalue weighted by Gasteiger charge is -2.36. The predicted octanol–water partition coefficient (Wildman–Crippen LogP) is 4.88. The molecule has 1 aromatic heterocycles. The summed E-state index contributed by atoms with van der Waals surface area (Å²) in [5, 5.41) is 3.05. The number of hydrogen-bond donors (Lipinski definition) is 1. The average molecular weight is 439 g/mol. The van der Waals surface area contributed by atoms with Crippen LogP contribution >= 0.6 is 0 Å². The molecule has 4 rings (SSSR count). The second kappa shape index (κ2) is 9.96. The first-order valence-corrected chi connectivity index (χ1v) is 10.6. The van der Waals surface area contributed by atoms with Crippen molar-refractivity contribution in [1.82, 2.24) is 15.2 Å². The van der Waals surface area contributed by atoms with Gasteiger partial charge in [0.05, 0.1) is 11.7 Å². The zero-order chi connectivity index (χ0) is 22.5. The number of nitrogens with zero attached hydrogens (tertiary/aromatic N) is 2. The third-order valence-electron chi connectivity index (χ3n) is 5.87. The Morgan fingerprint density at radius 1 is 1.00 bits per heavy atom. The van der Waals surface area contributed by atoms with Crippen molar-refractivity contribution < 1.29 is 18.0 Å². The number of nitrogens with one attached hydrogen (secondary N) is 1. The van der Waals surface area contributed by atoms with E-state index in [9.17, 15) is 18.0 Å². The number of rotatable bonds is 6. The van der Waals surface area contributed by atoms with Gasteiger partial charge < -0.3 is 5.32 Å². The molecule has 0 bridgehead atoms. The van der Waals surface area contributed by atoms with Gasteiger partial charge in [0.1, 0.15) is 5.82 Å². The van der Waals surface area contributed by atoms with Crippen LogP contribution in [-0.2, 0) is 6.54 Å². The number of carbonyl (C=O) groups is 1. The molecule has 7 heteroatoms. The van der Waals surface area contributed by atoms with E-state index >= 15 is 0 Å². The lowest BCUT2D eigenvalue weighted by atomic mass is 9.87. The largest absolute Gasteiger partial charge is 0.343 e. The molecule has 1 N–H and O–H groups in total. The normalized spacial score (nSPS) is 16.0. The molecule has 0 saturated carbocycles. The van der Waals surface area contributed by atoms with Crippen molar-refractivity contribution in [3.05, 3.63) is 101 Å². The summed E-state index contributed by atoms with van der Waals surface area (Å²) in [4.78, 5) is 19.4. The van der Waals surface area contributed by atoms with Crippen molar-refractivity contribution in [1.29, 1.82) is 0 Å². The van der Waals surface area contributed by atoms with Gasteiger partial charge in [-0.15, -0.1) is 0 Å². The lowest BCUT2D eigenvalue weighted by molar-refractivity contribution is 0.0888. The van der Waals surface area contributed by atoms with E-state index < -0.39 is 17.5 Å². The van der Waals surface area contributed by atoms with Crippen LogP contribution in [0, 0.1) is 23.4 Å². The summed E-state index contributed by atoms with van der Waals surface area (Å²) in [7, 11) is 0. The second-order valence-corrected chi connectivity index (χ2v) is 8.08. The fourth-order valence-electron chi connectivity index (χ4n) is 4.19. The fourth-order valence-corrected chi connectivity index (χ4v) is 4.19. The quantitative estimate of drug-likeness (QED) is 0.595. The van der Waals surface area contributed by atoms with E-state index in [0.717, 1.165) is 43.3 Å². The van der Waals surface area contributed by atoms with Crippen molar-refractivity contribution in [3.63, 3.8) is 0 Å². The molecule has 1 aliphatic rings. The van der Waals surface area contributed by atoms with Gasteiger partial charge in [-0.25, -0.2) is 13.2 Å². The number of benzene rings is 2. The Hall–Kier alpha value is -3.19. The zero-order valence-electron chi connectivity index (χ0n) is 17.5. The molecule has 1 unspecified atom stereocenters. The van der Waals surface area contributed by atoms with Gasteiger partial charge in [-0.1, -0.05) is 18.2 Å². The van der Waals surface area contributed by atoms with E-state index in [1.165, 1.54) is 24.3 Å². The summed E-state index contributed by atoms with van der Waals surface area (Å²) in [5.41, 5.74) is 1.75. The minimum atomic E-state index is -0.848. The first kappa shape index (κ1) is 22.0. The van der Waals surface area contributed by atoms with Crippen LogP contribution < -0.4 is 5.32 Å². The zero-order valence-corrected chi connectivity index (χ0v) is 17.5. The topological polar surface area (TPSA) is 45.2 Å². The van der Waals surface area contributed by atoms with Gasteiger partial charge in [0, 0.05) is 18.3 Å². The van der Waals surface area contributed by atoms with E-state index in [0.29, 0.717) is 6.54 Å². The van der Waals surface area contributed by atoms with Gasteiger partial charge in [-0.3, -0.25) is 14.7 Å². The van der Waals surface area contributed by atoms with E-state index in [1.54, 1.807) is 18.3 Å². The summed E-state index contributed by atoms with van der Waals surface area (Å²) < 4.78 is 40.3. The maximum absolute atomic E-state index is 13.6. The minimum Gasteiger partial charge on any atom is -0.343 e. The number of amides is 1. The standard InChI is InChI=1S/C25H24F3N3O/c26-20-5-3-4-19(15-20)25(32)30-24(23-6-1-2-11-29-23)18-9-12-31(13-10-18)16-17-7-8-21(27)22(28)14-17/h1-8,11,14-15,18,24H,9-10,12-13,16H2,(H,30,32). The SMILES string of the molecule is O=C(NC(c1ccccn1)C1CCN(Cc2ccc(F)c(F)c2)CC1)c1cccc(F)c1. The Kier molecular flexibility index (Phi) is 6.85. The Morgan fingerprint density at radius 3 is 2.50 bits per heavy atom. The molecular formula is C25H24F3N3O. The van der Waals surface area contributed by atoms with Crippen molar-refractivity contribution in [2.24, 2.45) is 5.92 Å². The monoisotopic (exact) mass is 439 g/mol. The van der Waals surface area contributed by atoms with Gasteiger partial charge >= 0.3 is 0 Å². The van der Waals surface area contributed by atoms with E-state index in [4.69, 9.17) is 0 Å². The van der Waals surface area contributed by atoms with E-state index in [2.05, 4.69) is 15.2 Å². The summed E-state index contributed by atoms with van der Waals surface area (Å²) in [6, 6.07) is 14.9. The van der Waals surface area contributed by atoms with E-state index in [-0.39, 0.29) is 23.4 Å². The van der Waals surface area contributed by atoms with Crippen LogP contribution in [-0.4, -0.2) is 28.9 Å². The van der Waals surface area contributed by atoms with Crippen LogP contribution in [0.5, 0.6) is 0 Å². The molecule has 3 aromatic rings. The average Bonchev–Trinajstić information content (AvgIpc) is 2.81. The molecule has 166 valence electrons. The third kappa shape index (κ3) is 5.34. The number of pyridine rings is 1. The summed E-state index contributed by atoms with van der Waals surface area (Å²) in [6.45, 7) is 2.04. The van der Waals surface area contributed by atoms with Crippen molar-refractivity contribution in [3.8, 4) is 0 Å². The summed E-state index contributed by atoms with van der Waals surface area (Å²) >= 11 is 0. The van der Waals surface area contributed by atoms with Crippen LogP contribution in [0.3, 0.4) is 0 Å². The molecule has 1 fully saturated rings. The predicted molar refractivity (Wildman–Crippen MR) is 115 cm³/mol. The number of piperidine rings is 1. The lowest BCUT2D eigenvalue weighted by Crippen LogP contribution is -2.40. The van der Waals surface area contributed by atoms with Crippen LogP contribution in [0.2, 0.25) is 0 Å². The highest BCUT2D eigenvalue weighted by Crippen LogP contribution is 2.31. The molecule has 1 amide bonds. The number of hydrogen-bond acceptors (Lipinski definition) is 3. The van der Waals surface area contributed by atoms with Crippen LogP contribution in [0.1, 0.15) is 40.5 Å². The minimum absolute atomic E-state index is 0.142. The maximum Gasteiger partial charge on any atom is 0.251 e. The van der Waals surface area contributed by atoms with Gasteiger partial charge in [0.15, 0.2) is 11.6 Å². The fraction of sp³-hybridized carbons (Fsp3) is 0.280. The molecule has 1 atom stereocenters. The maximum atomic E-state index is 13.6. The molecule has 0 spiro atoms. The molecule has 0 radical (unpaired) electrons. The molecule has 1 aliphatic heterocycles. The Balaban J connectivity index is 1.44. The molecule has 32 heavy (non-hydrogen) atoms. The third-order valence-corrected chi connectivity index (χ3v) is 5.87. The first-order valence-electron chi connectivity index (χ1n) is 10.6. The highest BCUT2D eigenvalue weighted by molar-refractivity contribution is 5.94. The highest BCUT2D eigenvalue weighted by atomic mass is 19.2. The van der Waals surface area contributed by atoms with Gasteiger partial charge in [0.2, 0.25) is 0 Å². The Morgan fingerprint density at radius 2 is 1.81 bits per heavy atom. The molecule has 0 aliphatic carbocycles. The van der Waals surface area contributed by atoms with Crippen molar-refractivity contribution >= 4 is 5.91 Å². The number of carbonyl (C=O) groups excluding carboxylic acids is 1. The Bertz CT molecular complexity index is 1070. The molecule has 2 aromatic carbocycles. The van der Waals surface area contributed by atoms with Crippen LogP contribution in [0.15, 0.2) is 66.9 Å². The number of aromatic nitrogens is 1. The van der Waals surface area contributed by atoms with E-state index in [1.807, 2.05) is 18.2 Å². The van der Waals surface area contributed by atoms with Crippen molar-refractivity contribution in [2.45, 2.75) is 25.4 Å². The number of likely N-dealkylation sites (tertiary alicyclic amines) is 1. The van der Waals surface area contributed by atoms with Crippen LogP contribution in [0.4, 0.5) is 13.2 Å². The van der Waals surface area contributed by atoms with Gasteiger partial charge in [-0.2, -0.15) is 0 Å². The Labute approximate surface area is 185 Å². The molecular weight excluding hydrogens is 415 g/mol. The smallest absolute Gasteiger partial charge is 0.251 e. The molecule has 4 nitrogen and oxygen atoms in total. The second-order valence-electron chi connectivity index (χ2n) is 8.08. The first-order chi connectivity index (χ1) is 15.5. The summed E-state index contributed by atoms with van der Waals surface area (Å²) in [5.74, 6) is -2.35.